The van der Waals surface area contributed by atoms with Crippen molar-refractivity contribution in [1.82, 2.24) is 4.90 Å². The summed E-state index contributed by atoms with van der Waals surface area (Å²) in [5.41, 5.74) is 3.10. The zero-order valence-corrected chi connectivity index (χ0v) is 12.7. The van der Waals surface area contributed by atoms with E-state index in [-0.39, 0.29) is 5.78 Å². The van der Waals surface area contributed by atoms with Crippen LogP contribution < -0.4 is 4.74 Å². The molecule has 0 spiro atoms. The minimum Gasteiger partial charge on any atom is -0.493 e. The van der Waals surface area contributed by atoms with E-state index in [0.29, 0.717) is 13.2 Å². The van der Waals surface area contributed by atoms with Crippen LogP contribution in [0.3, 0.4) is 0 Å². The Morgan fingerprint density at radius 3 is 2.81 bits per heavy atom. The third-order valence-corrected chi connectivity index (χ3v) is 4.17. The van der Waals surface area contributed by atoms with Gasteiger partial charge in [-0.15, -0.1) is 0 Å². The zero-order valence-electron chi connectivity index (χ0n) is 12.7. The third kappa shape index (κ3) is 3.44. The Morgan fingerprint density at radius 1 is 1.19 bits per heavy atom. The summed E-state index contributed by atoms with van der Waals surface area (Å²) in [4.78, 5) is 14.9. The smallest absolute Gasteiger partial charge is 0.180 e. The lowest BCUT2D eigenvalue weighted by Crippen LogP contribution is -2.39. The maximum atomic E-state index is 12.7. The molecule has 0 radical (unpaired) electrons. The van der Waals surface area contributed by atoms with E-state index < -0.39 is 0 Å². The molecular weight excluding hydrogens is 266 g/mol. The number of carbonyl (C=O) groups is 1. The van der Waals surface area contributed by atoms with Gasteiger partial charge in [-0.25, -0.2) is 0 Å². The molecule has 0 bridgehead atoms. The molecule has 2 aliphatic rings. The van der Waals surface area contributed by atoms with Crippen molar-refractivity contribution >= 4 is 5.78 Å². The summed E-state index contributed by atoms with van der Waals surface area (Å²) in [7, 11) is 0. The van der Waals surface area contributed by atoms with Gasteiger partial charge in [0.15, 0.2) is 5.78 Å². The van der Waals surface area contributed by atoms with Crippen molar-refractivity contribution in [3.63, 3.8) is 0 Å². The second-order valence-corrected chi connectivity index (χ2v) is 5.92. The first-order valence-electron chi connectivity index (χ1n) is 7.83. The third-order valence-electron chi connectivity index (χ3n) is 4.17. The van der Waals surface area contributed by atoms with Crippen LogP contribution in [0.5, 0.6) is 5.75 Å². The Labute approximate surface area is 126 Å². The predicted octanol–water partition coefficient (Wildman–Crippen LogP) is 2.23. The molecule has 114 valence electrons. The van der Waals surface area contributed by atoms with Crippen molar-refractivity contribution in [3.8, 4) is 5.75 Å². The summed E-state index contributed by atoms with van der Waals surface area (Å²) < 4.78 is 11.2. The average molecular weight is 289 g/mol. The van der Waals surface area contributed by atoms with Crippen LogP contribution in [0.25, 0.3) is 0 Å². The number of benzene rings is 1. The van der Waals surface area contributed by atoms with Gasteiger partial charge in [0.25, 0.3) is 0 Å². The van der Waals surface area contributed by atoms with Crippen molar-refractivity contribution in [3.05, 3.63) is 28.8 Å². The largest absolute Gasteiger partial charge is 0.493 e. The van der Waals surface area contributed by atoms with Crippen molar-refractivity contribution < 1.29 is 14.3 Å². The van der Waals surface area contributed by atoms with E-state index in [1.54, 1.807) is 0 Å². The first-order chi connectivity index (χ1) is 10.2. The minimum atomic E-state index is 0.166. The molecule has 2 aliphatic heterocycles. The quantitative estimate of drug-likeness (QED) is 0.800. The number of carbonyl (C=O) groups excluding carboxylic acids is 1. The molecule has 0 atom stereocenters. The van der Waals surface area contributed by atoms with Crippen LogP contribution in [-0.4, -0.2) is 50.1 Å². The van der Waals surface area contributed by atoms with Gasteiger partial charge in [-0.05, 0) is 43.4 Å². The second-order valence-electron chi connectivity index (χ2n) is 5.92. The Kier molecular flexibility index (Phi) is 4.56. The number of nitrogens with zero attached hydrogens (tertiary/aromatic N) is 1. The van der Waals surface area contributed by atoms with Crippen molar-refractivity contribution in [2.75, 3.05) is 39.5 Å². The monoisotopic (exact) mass is 289 g/mol. The lowest BCUT2D eigenvalue weighted by Gasteiger charge is -2.26. The Balaban J connectivity index is 1.82. The maximum Gasteiger partial charge on any atom is 0.180 e. The molecule has 0 amide bonds. The second kappa shape index (κ2) is 6.58. The number of fused-ring (bicyclic) bond motifs is 1. The lowest BCUT2D eigenvalue weighted by molar-refractivity contribution is 0.0370. The molecular formula is C17H23NO3. The van der Waals surface area contributed by atoms with Gasteiger partial charge in [0, 0.05) is 13.1 Å². The number of ketones is 1. The van der Waals surface area contributed by atoms with Crippen LogP contribution >= 0.6 is 0 Å². The number of ether oxygens (including phenoxy) is 2. The molecule has 0 aliphatic carbocycles. The van der Waals surface area contributed by atoms with E-state index in [1.807, 2.05) is 6.07 Å². The predicted molar refractivity (Wildman–Crippen MR) is 81.2 cm³/mol. The number of rotatable bonds is 3. The summed E-state index contributed by atoms with van der Waals surface area (Å²) in [6.45, 7) is 6.33. The molecule has 0 N–H and O–H groups in total. The first-order valence-corrected chi connectivity index (χ1v) is 7.83. The van der Waals surface area contributed by atoms with E-state index in [4.69, 9.17) is 9.47 Å². The molecule has 21 heavy (non-hydrogen) atoms. The number of hydrogen-bond acceptors (Lipinski definition) is 4. The summed E-state index contributed by atoms with van der Waals surface area (Å²) in [6.07, 6.45) is 3.20. The summed E-state index contributed by atoms with van der Waals surface area (Å²) >= 11 is 0. The number of Topliss-reactive ketones (excluding diaryl/α,β-unsaturated/α-hetero) is 1. The fourth-order valence-electron chi connectivity index (χ4n) is 3.05. The van der Waals surface area contributed by atoms with Crippen LogP contribution in [-0.2, 0) is 11.2 Å². The van der Waals surface area contributed by atoms with Crippen LogP contribution in [0.15, 0.2) is 12.1 Å². The van der Waals surface area contributed by atoms with E-state index >= 15 is 0 Å². The lowest BCUT2D eigenvalue weighted by atomic mass is 9.98. The van der Waals surface area contributed by atoms with E-state index in [2.05, 4.69) is 17.9 Å². The normalized spacial score (nSPS) is 19.5. The topological polar surface area (TPSA) is 38.8 Å². The molecule has 4 nitrogen and oxygen atoms in total. The number of hydrogen-bond donors (Lipinski definition) is 0. The maximum absolute atomic E-state index is 12.7. The Morgan fingerprint density at radius 2 is 2.00 bits per heavy atom. The van der Waals surface area contributed by atoms with Gasteiger partial charge in [-0.3, -0.25) is 9.69 Å². The number of morpholine rings is 1. The average Bonchev–Trinajstić information content (AvgIpc) is 2.72. The fraction of sp³-hybridized carbons (Fsp3) is 0.588. The molecule has 0 unspecified atom stereocenters. The summed E-state index contributed by atoms with van der Waals surface area (Å²) in [6, 6.07) is 4.14. The Bertz CT molecular complexity index is 521. The molecule has 0 aromatic heterocycles. The van der Waals surface area contributed by atoms with Crippen molar-refractivity contribution in [2.45, 2.75) is 26.2 Å². The van der Waals surface area contributed by atoms with E-state index in [0.717, 1.165) is 62.4 Å². The highest BCUT2D eigenvalue weighted by Gasteiger charge is 2.22. The number of aryl methyl sites for hydroxylation is 2. The molecule has 1 saturated heterocycles. The van der Waals surface area contributed by atoms with Gasteiger partial charge in [-0.1, -0.05) is 6.07 Å². The van der Waals surface area contributed by atoms with E-state index in [1.165, 1.54) is 5.56 Å². The van der Waals surface area contributed by atoms with Gasteiger partial charge in [0.2, 0.25) is 0 Å². The first kappa shape index (κ1) is 14.5. The molecule has 3 rings (SSSR count). The molecule has 1 aromatic rings. The van der Waals surface area contributed by atoms with Crippen LogP contribution in [0.2, 0.25) is 0 Å². The zero-order chi connectivity index (χ0) is 14.7. The van der Waals surface area contributed by atoms with Gasteiger partial charge >= 0.3 is 0 Å². The summed E-state index contributed by atoms with van der Waals surface area (Å²) in [5, 5.41) is 0. The van der Waals surface area contributed by atoms with Crippen molar-refractivity contribution in [2.24, 2.45) is 0 Å². The van der Waals surface area contributed by atoms with Gasteiger partial charge in [0.1, 0.15) is 5.75 Å². The SMILES string of the molecule is Cc1cc2c(c(C(=O)CN3CCOCC3)c1)OCCCC2. The highest BCUT2D eigenvalue weighted by Crippen LogP contribution is 2.30. The van der Waals surface area contributed by atoms with Gasteiger partial charge in [-0.2, -0.15) is 0 Å². The minimum absolute atomic E-state index is 0.166. The summed E-state index contributed by atoms with van der Waals surface area (Å²) in [5.74, 6) is 0.995. The molecule has 1 fully saturated rings. The van der Waals surface area contributed by atoms with Gasteiger partial charge in [0.05, 0.1) is 31.9 Å². The van der Waals surface area contributed by atoms with Crippen molar-refractivity contribution in [1.29, 1.82) is 0 Å². The highest BCUT2D eigenvalue weighted by molar-refractivity contribution is 6.00. The van der Waals surface area contributed by atoms with Gasteiger partial charge < -0.3 is 9.47 Å². The molecule has 1 aromatic carbocycles. The Hall–Kier alpha value is -1.39. The van der Waals surface area contributed by atoms with Crippen LogP contribution in [0.4, 0.5) is 0 Å². The fourth-order valence-corrected chi connectivity index (χ4v) is 3.05. The molecule has 2 heterocycles. The molecule has 4 heteroatoms. The molecule has 0 saturated carbocycles. The van der Waals surface area contributed by atoms with E-state index in [9.17, 15) is 4.79 Å². The standard InChI is InChI=1S/C17H23NO3/c1-13-10-14-4-2-3-7-21-17(14)15(11-13)16(19)12-18-5-8-20-9-6-18/h10-11H,2-9,12H2,1H3. The highest BCUT2D eigenvalue weighted by atomic mass is 16.5. The van der Waals surface area contributed by atoms with Crippen LogP contribution in [0, 0.1) is 6.92 Å². The van der Waals surface area contributed by atoms with Crippen LogP contribution in [0.1, 0.15) is 34.3 Å².